The third-order valence-electron chi connectivity index (χ3n) is 4.32. The van der Waals surface area contributed by atoms with Crippen LogP contribution in [0.3, 0.4) is 0 Å². The van der Waals surface area contributed by atoms with Crippen molar-refractivity contribution in [3.05, 3.63) is 78.6 Å². The first-order valence-electron chi connectivity index (χ1n) is 7.93. The van der Waals surface area contributed by atoms with Gasteiger partial charge in [-0.2, -0.15) is 0 Å². The third kappa shape index (κ3) is 1.97. The molecule has 5 rings (SSSR count). The predicted molar refractivity (Wildman–Crippen MR) is 95.9 cm³/mol. The summed E-state index contributed by atoms with van der Waals surface area (Å²) >= 11 is 0. The van der Waals surface area contributed by atoms with E-state index in [1.807, 2.05) is 42.6 Å². The van der Waals surface area contributed by atoms with Crippen molar-refractivity contribution in [1.29, 1.82) is 0 Å². The second kappa shape index (κ2) is 5.13. The Hall–Kier alpha value is -3.27. The SMILES string of the molecule is c1cncc(Cn2c3ccccc3c3nc4ccccc4nc32)c1. The van der Waals surface area contributed by atoms with E-state index in [0.717, 1.165) is 45.2 Å². The topological polar surface area (TPSA) is 43.6 Å². The van der Waals surface area contributed by atoms with E-state index in [1.54, 1.807) is 6.20 Å². The molecule has 4 heteroatoms. The molecular weight excluding hydrogens is 296 g/mol. The molecule has 3 heterocycles. The Kier molecular flexibility index (Phi) is 2.82. The normalized spacial score (nSPS) is 11.5. The van der Waals surface area contributed by atoms with Crippen LogP contribution in [0.15, 0.2) is 73.1 Å². The number of benzene rings is 2. The molecule has 0 fully saturated rings. The lowest BCUT2D eigenvalue weighted by atomic mass is 10.2. The maximum atomic E-state index is 4.89. The maximum Gasteiger partial charge on any atom is 0.160 e. The first kappa shape index (κ1) is 13.2. The zero-order valence-electron chi connectivity index (χ0n) is 12.9. The number of nitrogens with zero attached hydrogens (tertiary/aromatic N) is 4. The summed E-state index contributed by atoms with van der Waals surface area (Å²) in [5, 5.41) is 1.13. The molecule has 0 N–H and O–H groups in total. The van der Waals surface area contributed by atoms with Gasteiger partial charge in [0, 0.05) is 17.8 Å². The fraction of sp³-hybridized carbons (Fsp3) is 0.0500. The van der Waals surface area contributed by atoms with Gasteiger partial charge in [0.2, 0.25) is 0 Å². The summed E-state index contributed by atoms with van der Waals surface area (Å²) in [5.74, 6) is 0. The molecule has 3 aromatic heterocycles. The van der Waals surface area contributed by atoms with Crippen LogP contribution in [0.5, 0.6) is 0 Å². The van der Waals surface area contributed by atoms with Crippen LogP contribution in [-0.2, 0) is 6.54 Å². The van der Waals surface area contributed by atoms with Crippen molar-refractivity contribution in [2.24, 2.45) is 0 Å². The van der Waals surface area contributed by atoms with Crippen molar-refractivity contribution in [3.63, 3.8) is 0 Å². The standard InChI is InChI=1S/C20H14N4/c1-4-10-18-15(7-1)19-20(23-17-9-3-2-8-16(17)22-19)24(18)13-14-6-5-11-21-12-14/h1-12H,13H2. The number of aromatic nitrogens is 4. The number of hydrogen-bond acceptors (Lipinski definition) is 3. The molecule has 0 amide bonds. The first-order valence-corrected chi connectivity index (χ1v) is 7.93. The zero-order chi connectivity index (χ0) is 15.9. The first-order chi connectivity index (χ1) is 11.9. The highest BCUT2D eigenvalue weighted by molar-refractivity contribution is 6.06. The molecule has 2 aromatic carbocycles. The molecule has 0 saturated carbocycles. The van der Waals surface area contributed by atoms with E-state index in [1.165, 1.54) is 0 Å². The van der Waals surface area contributed by atoms with Gasteiger partial charge in [0.05, 0.1) is 23.1 Å². The van der Waals surface area contributed by atoms with Crippen LogP contribution < -0.4 is 0 Å². The zero-order valence-corrected chi connectivity index (χ0v) is 12.9. The molecule has 0 spiro atoms. The molecule has 5 aromatic rings. The van der Waals surface area contributed by atoms with Crippen molar-refractivity contribution >= 4 is 33.1 Å². The van der Waals surface area contributed by atoms with E-state index in [9.17, 15) is 0 Å². The number of fused-ring (bicyclic) bond motifs is 4. The van der Waals surface area contributed by atoms with Crippen molar-refractivity contribution in [2.45, 2.75) is 6.54 Å². The number of pyridine rings is 1. The Bertz CT molecular complexity index is 1180. The van der Waals surface area contributed by atoms with E-state index in [-0.39, 0.29) is 0 Å². The number of rotatable bonds is 2. The van der Waals surface area contributed by atoms with Gasteiger partial charge < -0.3 is 4.57 Å². The second-order valence-electron chi connectivity index (χ2n) is 5.85. The highest BCUT2D eigenvalue weighted by atomic mass is 15.1. The molecule has 0 unspecified atom stereocenters. The van der Waals surface area contributed by atoms with Gasteiger partial charge in [-0.1, -0.05) is 36.4 Å². The van der Waals surface area contributed by atoms with Crippen LogP contribution in [0.2, 0.25) is 0 Å². The van der Waals surface area contributed by atoms with Gasteiger partial charge in [-0.15, -0.1) is 0 Å². The van der Waals surface area contributed by atoms with Crippen LogP contribution >= 0.6 is 0 Å². The third-order valence-corrected chi connectivity index (χ3v) is 4.32. The van der Waals surface area contributed by atoms with Crippen molar-refractivity contribution in [1.82, 2.24) is 19.5 Å². The predicted octanol–water partition coefficient (Wildman–Crippen LogP) is 4.18. The molecule has 0 saturated heterocycles. The molecule has 0 radical (unpaired) electrons. The van der Waals surface area contributed by atoms with Crippen molar-refractivity contribution in [2.75, 3.05) is 0 Å². The van der Waals surface area contributed by atoms with Gasteiger partial charge in [-0.05, 0) is 29.8 Å². The molecule has 4 nitrogen and oxygen atoms in total. The van der Waals surface area contributed by atoms with E-state index in [0.29, 0.717) is 0 Å². The molecule has 0 aliphatic rings. The van der Waals surface area contributed by atoms with Crippen LogP contribution in [-0.4, -0.2) is 19.5 Å². The number of para-hydroxylation sites is 3. The van der Waals surface area contributed by atoms with Crippen molar-refractivity contribution < 1.29 is 0 Å². The van der Waals surface area contributed by atoms with Crippen LogP contribution in [0.4, 0.5) is 0 Å². The summed E-state index contributed by atoms with van der Waals surface area (Å²) in [6.45, 7) is 0.727. The fourth-order valence-corrected chi connectivity index (χ4v) is 3.22. The van der Waals surface area contributed by atoms with Gasteiger partial charge >= 0.3 is 0 Å². The molecule has 0 atom stereocenters. The Morgan fingerprint density at radius 1 is 0.792 bits per heavy atom. The maximum absolute atomic E-state index is 4.89. The van der Waals surface area contributed by atoms with Gasteiger partial charge in [-0.25, -0.2) is 9.97 Å². The minimum Gasteiger partial charge on any atom is -0.319 e. The Labute approximate surface area is 138 Å². The summed E-state index contributed by atoms with van der Waals surface area (Å²) in [6, 6.07) is 20.4. The monoisotopic (exact) mass is 310 g/mol. The van der Waals surface area contributed by atoms with E-state index in [2.05, 4.69) is 33.8 Å². The summed E-state index contributed by atoms with van der Waals surface area (Å²) in [6.07, 6.45) is 3.69. The van der Waals surface area contributed by atoms with E-state index < -0.39 is 0 Å². The molecular formula is C20H14N4. The highest BCUT2D eigenvalue weighted by Crippen LogP contribution is 2.28. The molecule has 0 aliphatic carbocycles. The minimum absolute atomic E-state index is 0.727. The Morgan fingerprint density at radius 3 is 2.42 bits per heavy atom. The van der Waals surface area contributed by atoms with Gasteiger partial charge in [0.1, 0.15) is 5.52 Å². The summed E-state index contributed by atoms with van der Waals surface area (Å²) in [5.41, 5.74) is 6.00. The lowest BCUT2D eigenvalue weighted by Gasteiger charge is -2.06. The molecule has 0 bridgehead atoms. The Balaban J connectivity index is 1.87. The van der Waals surface area contributed by atoms with Gasteiger partial charge in [-0.3, -0.25) is 4.98 Å². The van der Waals surface area contributed by atoms with Gasteiger partial charge in [0.25, 0.3) is 0 Å². The highest BCUT2D eigenvalue weighted by Gasteiger charge is 2.14. The largest absolute Gasteiger partial charge is 0.319 e. The average Bonchev–Trinajstić information content (AvgIpc) is 2.94. The van der Waals surface area contributed by atoms with E-state index in [4.69, 9.17) is 9.97 Å². The van der Waals surface area contributed by atoms with Crippen LogP contribution in [0.1, 0.15) is 5.56 Å². The van der Waals surface area contributed by atoms with Crippen LogP contribution in [0.25, 0.3) is 33.1 Å². The Morgan fingerprint density at radius 2 is 1.58 bits per heavy atom. The molecule has 0 aliphatic heterocycles. The fourth-order valence-electron chi connectivity index (χ4n) is 3.22. The van der Waals surface area contributed by atoms with Gasteiger partial charge in [0.15, 0.2) is 5.65 Å². The summed E-state index contributed by atoms with van der Waals surface area (Å²) in [7, 11) is 0. The summed E-state index contributed by atoms with van der Waals surface area (Å²) in [4.78, 5) is 14.0. The lowest BCUT2D eigenvalue weighted by molar-refractivity contribution is 0.851. The van der Waals surface area contributed by atoms with Crippen molar-refractivity contribution in [3.8, 4) is 0 Å². The lowest BCUT2D eigenvalue weighted by Crippen LogP contribution is -2.01. The van der Waals surface area contributed by atoms with Crippen LogP contribution in [0, 0.1) is 0 Å². The quantitative estimate of drug-likeness (QED) is 0.491. The summed E-state index contributed by atoms with van der Waals surface area (Å²) < 4.78 is 2.22. The minimum atomic E-state index is 0.727. The smallest absolute Gasteiger partial charge is 0.160 e. The average molecular weight is 310 g/mol. The molecule has 114 valence electrons. The number of hydrogen-bond donors (Lipinski definition) is 0. The van der Waals surface area contributed by atoms with E-state index >= 15 is 0 Å². The molecule has 24 heavy (non-hydrogen) atoms. The second-order valence-corrected chi connectivity index (χ2v) is 5.85.